The Morgan fingerprint density at radius 3 is 2.29 bits per heavy atom. The van der Waals surface area contributed by atoms with E-state index in [0.29, 0.717) is 6.61 Å². The molecule has 0 heterocycles. The van der Waals surface area contributed by atoms with Crippen LogP contribution in [0.1, 0.15) is 86.0 Å². The molecule has 0 saturated carbocycles. The zero-order valence-corrected chi connectivity index (χ0v) is 14.9. The number of carbonyl (C=O) groups is 1. The van der Waals surface area contributed by atoms with Crippen LogP contribution >= 0.6 is 0 Å². The van der Waals surface area contributed by atoms with Gasteiger partial charge in [-0.2, -0.15) is 0 Å². The number of hydrogen-bond acceptors (Lipinski definition) is 2. The molecule has 2 unspecified atom stereocenters. The van der Waals surface area contributed by atoms with E-state index in [9.17, 15) is 4.79 Å². The highest BCUT2D eigenvalue weighted by Crippen LogP contribution is 2.36. The molecule has 0 aliphatic rings. The number of hydrogen-bond donors (Lipinski definition) is 0. The Bertz CT molecular complexity index is 296. The molecule has 2 heteroatoms. The molecule has 0 aromatic carbocycles. The van der Waals surface area contributed by atoms with Gasteiger partial charge in [-0.3, -0.25) is 4.79 Å². The lowest BCUT2D eigenvalue weighted by molar-refractivity contribution is -0.157. The van der Waals surface area contributed by atoms with Crippen molar-refractivity contribution in [2.75, 3.05) is 6.61 Å². The summed E-state index contributed by atoms with van der Waals surface area (Å²) in [6.45, 7) is 11.0. The predicted molar refractivity (Wildman–Crippen MR) is 91.3 cm³/mol. The molecule has 0 aromatic heterocycles. The molecule has 0 fully saturated rings. The number of esters is 1. The maximum atomic E-state index is 12.4. The van der Waals surface area contributed by atoms with E-state index in [1.54, 1.807) is 0 Å². The van der Waals surface area contributed by atoms with Gasteiger partial charge in [0.15, 0.2) is 0 Å². The summed E-state index contributed by atoms with van der Waals surface area (Å²) in [6.07, 6.45) is 13.7. The van der Waals surface area contributed by atoms with Gasteiger partial charge in [0.2, 0.25) is 0 Å². The van der Waals surface area contributed by atoms with Gasteiger partial charge in [0.1, 0.15) is 0 Å². The van der Waals surface area contributed by atoms with Crippen LogP contribution in [0.3, 0.4) is 0 Å². The van der Waals surface area contributed by atoms with Crippen LogP contribution < -0.4 is 0 Å². The molecule has 0 N–H and O–H groups in total. The minimum atomic E-state index is -0.383. The molecule has 2 atom stereocenters. The van der Waals surface area contributed by atoms with Gasteiger partial charge in [-0.05, 0) is 39.0 Å². The SMILES string of the molecule is CCCCC/C=C\C(C)C(C)(CCCCC)C(=O)OCC. The fourth-order valence-electron chi connectivity index (χ4n) is 2.58. The average molecular weight is 296 g/mol. The highest BCUT2D eigenvalue weighted by Gasteiger charge is 2.38. The number of rotatable bonds is 12. The van der Waals surface area contributed by atoms with E-state index in [4.69, 9.17) is 4.74 Å². The molecule has 0 aliphatic heterocycles. The Balaban J connectivity index is 4.64. The molecule has 124 valence electrons. The van der Waals surface area contributed by atoms with Gasteiger partial charge in [-0.25, -0.2) is 0 Å². The molecule has 0 amide bonds. The molecule has 2 nitrogen and oxygen atoms in total. The lowest BCUT2D eigenvalue weighted by Gasteiger charge is -2.32. The monoisotopic (exact) mass is 296 g/mol. The van der Waals surface area contributed by atoms with E-state index >= 15 is 0 Å². The van der Waals surface area contributed by atoms with Gasteiger partial charge in [0.05, 0.1) is 12.0 Å². The molecule has 0 saturated heterocycles. The molecule has 0 radical (unpaired) electrons. The molecule has 0 bridgehead atoms. The summed E-state index contributed by atoms with van der Waals surface area (Å²) in [5.41, 5.74) is -0.383. The van der Waals surface area contributed by atoms with Crippen molar-refractivity contribution in [3.05, 3.63) is 12.2 Å². The first-order valence-corrected chi connectivity index (χ1v) is 8.86. The maximum absolute atomic E-state index is 12.4. The van der Waals surface area contributed by atoms with E-state index < -0.39 is 0 Å². The molecular formula is C19H36O2. The van der Waals surface area contributed by atoms with E-state index in [2.05, 4.69) is 39.8 Å². The zero-order valence-electron chi connectivity index (χ0n) is 14.9. The maximum Gasteiger partial charge on any atom is 0.312 e. The standard InChI is InChI=1S/C19H36O2/c1-6-9-11-12-13-15-17(4)19(5,16-14-10-7-2)18(20)21-8-3/h13,15,17H,6-12,14,16H2,1-5H3/b15-13-. The molecule has 0 rings (SSSR count). The van der Waals surface area contributed by atoms with Crippen LogP contribution in [0, 0.1) is 11.3 Å². The van der Waals surface area contributed by atoms with Crippen molar-refractivity contribution in [1.82, 2.24) is 0 Å². The molecule has 0 spiro atoms. The fraction of sp³-hybridized carbons (Fsp3) is 0.842. The van der Waals surface area contributed by atoms with Crippen molar-refractivity contribution in [1.29, 1.82) is 0 Å². The number of carbonyl (C=O) groups excluding carboxylic acids is 1. The van der Waals surface area contributed by atoms with Crippen LogP contribution in [-0.4, -0.2) is 12.6 Å². The minimum Gasteiger partial charge on any atom is -0.466 e. The van der Waals surface area contributed by atoms with Crippen LogP contribution in [0.25, 0.3) is 0 Å². The quantitative estimate of drug-likeness (QED) is 0.254. The summed E-state index contributed by atoms with van der Waals surface area (Å²) in [6, 6.07) is 0. The van der Waals surface area contributed by atoms with Crippen molar-refractivity contribution in [2.24, 2.45) is 11.3 Å². The van der Waals surface area contributed by atoms with E-state index in [-0.39, 0.29) is 17.3 Å². The summed E-state index contributed by atoms with van der Waals surface area (Å²) in [5, 5.41) is 0. The van der Waals surface area contributed by atoms with Gasteiger partial charge in [-0.15, -0.1) is 0 Å². The lowest BCUT2D eigenvalue weighted by Crippen LogP contribution is -2.35. The minimum absolute atomic E-state index is 0.0354. The second-order valence-corrected chi connectivity index (χ2v) is 6.31. The summed E-state index contributed by atoms with van der Waals surface area (Å²) >= 11 is 0. The van der Waals surface area contributed by atoms with E-state index in [1.165, 1.54) is 32.1 Å². The predicted octanol–water partition coefficient (Wildman–Crippen LogP) is 5.91. The second kappa shape index (κ2) is 11.8. The average Bonchev–Trinajstić information content (AvgIpc) is 2.47. The van der Waals surface area contributed by atoms with Gasteiger partial charge < -0.3 is 4.74 Å². The van der Waals surface area contributed by atoms with Crippen molar-refractivity contribution in [3.8, 4) is 0 Å². The Kier molecular flexibility index (Phi) is 11.4. The van der Waals surface area contributed by atoms with Gasteiger partial charge >= 0.3 is 5.97 Å². The summed E-state index contributed by atoms with van der Waals surface area (Å²) in [5.74, 6) is 0.196. The highest BCUT2D eigenvalue weighted by molar-refractivity contribution is 5.77. The second-order valence-electron chi connectivity index (χ2n) is 6.31. The van der Waals surface area contributed by atoms with E-state index in [1.807, 2.05) is 6.92 Å². The Labute approximate surface area is 132 Å². The largest absolute Gasteiger partial charge is 0.466 e. The number of unbranched alkanes of at least 4 members (excludes halogenated alkanes) is 5. The summed E-state index contributed by atoms with van der Waals surface area (Å²) in [7, 11) is 0. The first-order valence-electron chi connectivity index (χ1n) is 8.86. The van der Waals surface area contributed by atoms with Crippen LogP contribution in [0.15, 0.2) is 12.2 Å². The van der Waals surface area contributed by atoms with Crippen molar-refractivity contribution in [2.45, 2.75) is 86.0 Å². The van der Waals surface area contributed by atoms with Crippen LogP contribution in [0.2, 0.25) is 0 Å². The third-order valence-electron chi connectivity index (χ3n) is 4.45. The lowest BCUT2D eigenvalue weighted by atomic mass is 9.74. The van der Waals surface area contributed by atoms with Crippen molar-refractivity contribution in [3.63, 3.8) is 0 Å². The Morgan fingerprint density at radius 2 is 1.71 bits per heavy atom. The topological polar surface area (TPSA) is 26.3 Å². The molecule has 0 aliphatic carbocycles. The number of ether oxygens (including phenoxy) is 1. The number of allylic oxidation sites excluding steroid dienone is 2. The van der Waals surface area contributed by atoms with Crippen LogP contribution in [0.4, 0.5) is 0 Å². The normalized spacial score (nSPS) is 15.9. The van der Waals surface area contributed by atoms with E-state index in [0.717, 1.165) is 19.3 Å². The van der Waals surface area contributed by atoms with Crippen LogP contribution in [-0.2, 0) is 9.53 Å². The smallest absolute Gasteiger partial charge is 0.312 e. The third kappa shape index (κ3) is 7.68. The van der Waals surface area contributed by atoms with Gasteiger partial charge in [0.25, 0.3) is 0 Å². The Hall–Kier alpha value is -0.790. The van der Waals surface area contributed by atoms with Gasteiger partial charge in [-0.1, -0.05) is 65.0 Å². The fourth-order valence-corrected chi connectivity index (χ4v) is 2.58. The van der Waals surface area contributed by atoms with Crippen molar-refractivity contribution >= 4 is 5.97 Å². The van der Waals surface area contributed by atoms with Crippen LogP contribution in [0.5, 0.6) is 0 Å². The molecule has 21 heavy (non-hydrogen) atoms. The highest BCUT2D eigenvalue weighted by atomic mass is 16.5. The summed E-state index contributed by atoms with van der Waals surface area (Å²) in [4.78, 5) is 12.4. The Morgan fingerprint density at radius 1 is 1.10 bits per heavy atom. The third-order valence-corrected chi connectivity index (χ3v) is 4.45. The molecule has 0 aromatic rings. The first kappa shape index (κ1) is 20.2. The first-order chi connectivity index (χ1) is 10.0. The van der Waals surface area contributed by atoms with Gasteiger partial charge in [0, 0.05) is 0 Å². The summed E-state index contributed by atoms with van der Waals surface area (Å²) < 4.78 is 5.33. The molecular weight excluding hydrogens is 260 g/mol. The zero-order chi connectivity index (χ0) is 16.1. The van der Waals surface area contributed by atoms with Crippen molar-refractivity contribution < 1.29 is 9.53 Å².